The van der Waals surface area contributed by atoms with Gasteiger partial charge in [-0.3, -0.25) is 0 Å². The van der Waals surface area contributed by atoms with Gasteiger partial charge in [0.2, 0.25) is 0 Å². The molecular weight excluding hydrogens is 192 g/mol. The van der Waals surface area contributed by atoms with Crippen LogP contribution in [0.25, 0.3) is 0 Å². The average Bonchev–Trinajstić information content (AvgIpc) is 2.18. The maximum Gasteiger partial charge on any atom is 0.337 e. The lowest BCUT2D eigenvalue weighted by Gasteiger charge is -2.11. The lowest BCUT2D eigenvalue weighted by atomic mass is 10.2. The van der Waals surface area contributed by atoms with Gasteiger partial charge in [0, 0.05) is 12.2 Å². The summed E-state index contributed by atoms with van der Waals surface area (Å²) in [5.41, 5.74) is 0.192. The highest BCUT2D eigenvalue weighted by molar-refractivity contribution is 5.87. The summed E-state index contributed by atoms with van der Waals surface area (Å²) in [5, 5.41) is 11.8. The highest BCUT2D eigenvalue weighted by Crippen LogP contribution is 2.07. The third-order valence-corrected chi connectivity index (χ3v) is 1.92. The molecule has 1 unspecified atom stereocenters. The van der Waals surface area contributed by atoms with Gasteiger partial charge in [-0.05, 0) is 25.5 Å². The van der Waals surface area contributed by atoms with Crippen LogP contribution in [0.4, 0.5) is 5.82 Å². The summed E-state index contributed by atoms with van der Waals surface area (Å²) in [4.78, 5) is 14.6. The van der Waals surface area contributed by atoms with Crippen molar-refractivity contribution in [3.63, 3.8) is 0 Å². The molecule has 1 heterocycles. The van der Waals surface area contributed by atoms with Crippen molar-refractivity contribution in [2.24, 2.45) is 0 Å². The minimum atomic E-state index is -0.965. The highest BCUT2D eigenvalue weighted by Gasteiger charge is 2.04. The zero-order chi connectivity index (χ0) is 11.3. The third-order valence-electron chi connectivity index (χ3n) is 1.92. The summed E-state index contributed by atoms with van der Waals surface area (Å²) in [7, 11) is 0. The second-order valence-electron chi connectivity index (χ2n) is 3.31. The Bertz CT molecular complexity index is 346. The number of aromatic carboxylic acids is 1. The zero-order valence-electron chi connectivity index (χ0n) is 8.60. The molecule has 4 heteroatoms. The molecule has 0 aliphatic heterocycles. The van der Waals surface area contributed by atoms with Crippen molar-refractivity contribution < 1.29 is 9.90 Å². The van der Waals surface area contributed by atoms with Crippen LogP contribution in [0.1, 0.15) is 23.7 Å². The number of carboxylic acids is 1. The fraction of sp³-hybridized carbons (Fsp3) is 0.273. The fourth-order valence-electron chi connectivity index (χ4n) is 1.17. The SMILES string of the molecule is C=CCC(C)Nc1ccc(C(=O)O)cn1. The fourth-order valence-corrected chi connectivity index (χ4v) is 1.17. The second kappa shape index (κ2) is 5.14. The van der Waals surface area contributed by atoms with Crippen LogP contribution in [-0.2, 0) is 0 Å². The van der Waals surface area contributed by atoms with Crippen LogP contribution in [-0.4, -0.2) is 22.1 Å². The molecule has 0 aromatic carbocycles. The smallest absolute Gasteiger partial charge is 0.337 e. The largest absolute Gasteiger partial charge is 0.478 e. The van der Waals surface area contributed by atoms with E-state index in [9.17, 15) is 4.79 Å². The molecule has 4 nitrogen and oxygen atoms in total. The highest BCUT2D eigenvalue weighted by atomic mass is 16.4. The molecule has 0 spiro atoms. The summed E-state index contributed by atoms with van der Waals surface area (Å²) < 4.78 is 0. The molecule has 0 fully saturated rings. The Kier molecular flexibility index (Phi) is 3.85. The maximum absolute atomic E-state index is 10.6. The number of hydrogen-bond donors (Lipinski definition) is 2. The van der Waals surface area contributed by atoms with E-state index in [-0.39, 0.29) is 11.6 Å². The van der Waals surface area contributed by atoms with Gasteiger partial charge in [0.05, 0.1) is 5.56 Å². The number of anilines is 1. The van der Waals surface area contributed by atoms with E-state index in [0.717, 1.165) is 6.42 Å². The molecule has 2 N–H and O–H groups in total. The summed E-state index contributed by atoms with van der Waals surface area (Å²) in [6.45, 7) is 5.65. The van der Waals surface area contributed by atoms with Crippen LogP contribution in [0, 0.1) is 0 Å². The lowest BCUT2D eigenvalue weighted by Crippen LogP contribution is -2.14. The van der Waals surface area contributed by atoms with Crippen molar-refractivity contribution >= 4 is 11.8 Å². The minimum Gasteiger partial charge on any atom is -0.478 e. The van der Waals surface area contributed by atoms with Gasteiger partial charge in [-0.25, -0.2) is 9.78 Å². The Labute approximate surface area is 88.7 Å². The van der Waals surface area contributed by atoms with Crippen LogP contribution in [0.15, 0.2) is 31.0 Å². The van der Waals surface area contributed by atoms with Crippen molar-refractivity contribution in [2.45, 2.75) is 19.4 Å². The Morgan fingerprint density at radius 3 is 2.93 bits per heavy atom. The summed E-state index contributed by atoms with van der Waals surface area (Å²) in [6, 6.07) is 3.42. The molecule has 1 aromatic heterocycles. The van der Waals surface area contributed by atoms with E-state index in [4.69, 9.17) is 5.11 Å². The first-order valence-electron chi connectivity index (χ1n) is 4.70. The molecule has 15 heavy (non-hydrogen) atoms. The van der Waals surface area contributed by atoms with Crippen LogP contribution in [0.5, 0.6) is 0 Å². The summed E-state index contributed by atoms with van der Waals surface area (Å²) >= 11 is 0. The van der Waals surface area contributed by atoms with Crippen LogP contribution >= 0.6 is 0 Å². The first-order chi connectivity index (χ1) is 7.13. The number of carboxylic acid groups (broad SMARTS) is 1. The number of carbonyl (C=O) groups is 1. The Balaban J connectivity index is 2.64. The molecule has 1 rings (SSSR count). The zero-order valence-corrected chi connectivity index (χ0v) is 8.60. The molecule has 1 atom stereocenters. The average molecular weight is 206 g/mol. The van der Waals surface area contributed by atoms with Gasteiger partial charge >= 0.3 is 5.97 Å². The van der Waals surface area contributed by atoms with Crippen molar-refractivity contribution in [3.8, 4) is 0 Å². The molecular formula is C11H14N2O2. The van der Waals surface area contributed by atoms with E-state index in [1.807, 2.05) is 13.0 Å². The summed E-state index contributed by atoms with van der Waals surface area (Å²) in [6.07, 6.45) is 4.00. The maximum atomic E-state index is 10.6. The molecule has 0 aliphatic rings. The van der Waals surface area contributed by atoms with Crippen LogP contribution < -0.4 is 5.32 Å². The van der Waals surface area contributed by atoms with E-state index in [2.05, 4.69) is 16.9 Å². The number of nitrogens with one attached hydrogen (secondary N) is 1. The molecule has 80 valence electrons. The van der Waals surface area contributed by atoms with E-state index in [1.54, 1.807) is 6.07 Å². The molecule has 0 radical (unpaired) electrons. The first kappa shape index (κ1) is 11.2. The van der Waals surface area contributed by atoms with Gasteiger partial charge in [0.15, 0.2) is 0 Å². The van der Waals surface area contributed by atoms with Crippen molar-refractivity contribution in [1.82, 2.24) is 4.98 Å². The lowest BCUT2D eigenvalue weighted by molar-refractivity contribution is 0.0696. The van der Waals surface area contributed by atoms with E-state index >= 15 is 0 Å². The number of aromatic nitrogens is 1. The number of hydrogen-bond acceptors (Lipinski definition) is 3. The van der Waals surface area contributed by atoms with Crippen molar-refractivity contribution in [3.05, 3.63) is 36.5 Å². The molecule has 0 amide bonds. The normalized spacial score (nSPS) is 11.8. The van der Waals surface area contributed by atoms with Crippen molar-refractivity contribution in [2.75, 3.05) is 5.32 Å². The number of pyridine rings is 1. The first-order valence-corrected chi connectivity index (χ1v) is 4.70. The van der Waals surface area contributed by atoms with Crippen LogP contribution in [0.3, 0.4) is 0 Å². The van der Waals surface area contributed by atoms with E-state index in [1.165, 1.54) is 12.3 Å². The Hall–Kier alpha value is -1.84. The predicted octanol–water partition coefficient (Wildman–Crippen LogP) is 2.16. The standard InChI is InChI=1S/C11H14N2O2/c1-3-4-8(2)13-10-6-5-9(7-12-10)11(14)15/h3,5-8H,1,4H2,2H3,(H,12,13)(H,14,15). The predicted molar refractivity (Wildman–Crippen MR) is 59.1 cm³/mol. The van der Waals surface area contributed by atoms with Gasteiger partial charge in [-0.1, -0.05) is 6.08 Å². The minimum absolute atomic E-state index is 0.192. The van der Waals surface area contributed by atoms with Crippen molar-refractivity contribution in [1.29, 1.82) is 0 Å². The topological polar surface area (TPSA) is 62.2 Å². The Morgan fingerprint density at radius 1 is 1.73 bits per heavy atom. The third kappa shape index (κ3) is 3.42. The van der Waals surface area contributed by atoms with Gasteiger partial charge in [0.1, 0.15) is 5.82 Å². The van der Waals surface area contributed by atoms with Gasteiger partial charge in [-0.15, -0.1) is 6.58 Å². The molecule has 0 saturated heterocycles. The van der Waals surface area contributed by atoms with Crippen LogP contribution in [0.2, 0.25) is 0 Å². The van der Waals surface area contributed by atoms with Gasteiger partial charge in [-0.2, -0.15) is 0 Å². The Morgan fingerprint density at radius 2 is 2.47 bits per heavy atom. The molecule has 0 aliphatic carbocycles. The summed E-state index contributed by atoms with van der Waals surface area (Å²) in [5.74, 6) is -0.289. The molecule has 0 saturated carbocycles. The number of nitrogens with zero attached hydrogens (tertiary/aromatic N) is 1. The van der Waals surface area contributed by atoms with E-state index < -0.39 is 5.97 Å². The van der Waals surface area contributed by atoms with E-state index in [0.29, 0.717) is 5.82 Å². The number of rotatable bonds is 5. The monoisotopic (exact) mass is 206 g/mol. The van der Waals surface area contributed by atoms with Gasteiger partial charge < -0.3 is 10.4 Å². The second-order valence-corrected chi connectivity index (χ2v) is 3.31. The van der Waals surface area contributed by atoms with Gasteiger partial charge in [0.25, 0.3) is 0 Å². The molecule has 0 bridgehead atoms. The quantitative estimate of drug-likeness (QED) is 0.725. The molecule has 1 aromatic rings.